The lowest BCUT2D eigenvalue weighted by atomic mass is 9.79. The van der Waals surface area contributed by atoms with Crippen LogP contribution in [-0.2, 0) is 0 Å². The van der Waals surface area contributed by atoms with Crippen LogP contribution in [-0.4, -0.2) is 21.5 Å². The molecule has 1 aliphatic rings. The number of imidazole rings is 1. The SMILES string of the molecule is Cc1cnc2nc(C3CCCCC3CN)[nH]c2c1. The van der Waals surface area contributed by atoms with E-state index in [0.717, 1.165) is 29.1 Å². The maximum Gasteiger partial charge on any atom is 0.177 e. The second kappa shape index (κ2) is 4.69. The van der Waals surface area contributed by atoms with Crippen molar-refractivity contribution in [2.24, 2.45) is 11.7 Å². The van der Waals surface area contributed by atoms with Gasteiger partial charge in [0.15, 0.2) is 5.65 Å². The van der Waals surface area contributed by atoms with Gasteiger partial charge in [-0.3, -0.25) is 0 Å². The summed E-state index contributed by atoms with van der Waals surface area (Å²) >= 11 is 0. The van der Waals surface area contributed by atoms with E-state index in [9.17, 15) is 0 Å². The average Bonchev–Trinajstić information content (AvgIpc) is 2.81. The van der Waals surface area contributed by atoms with Crippen LogP contribution in [0.2, 0.25) is 0 Å². The molecule has 1 fully saturated rings. The van der Waals surface area contributed by atoms with Crippen molar-refractivity contribution in [3.05, 3.63) is 23.7 Å². The number of nitrogens with one attached hydrogen (secondary N) is 1. The first-order valence-corrected chi connectivity index (χ1v) is 6.80. The molecule has 0 saturated heterocycles. The van der Waals surface area contributed by atoms with E-state index in [1.165, 1.54) is 25.7 Å². The largest absolute Gasteiger partial charge is 0.340 e. The highest BCUT2D eigenvalue weighted by atomic mass is 15.0. The van der Waals surface area contributed by atoms with E-state index in [4.69, 9.17) is 5.73 Å². The molecule has 2 unspecified atom stereocenters. The van der Waals surface area contributed by atoms with Gasteiger partial charge in [0.05, 0.1) is 5.52 Å². The molecule has 2 heterocycles. The minimum atomic E-state index is 0.484. The van der Waals surface area contributed by atoms with E-state index >= 15 is 0 Å². The van der Waals surface area contributed by atoms with Crippen molar-refractivity contribution in [1.29, 1.82) is 0 Å². The fraction of sp³-hybridized carbons (Fsp3) is 0.571. The topological polar surface area (TPSA) is 67.6 Å². The van der Waals surface area contributed by atoms with Gasteiger partial charge < -0.3 is 10.7 Å². The number of hydrogen-bond donors (Lipinski definition) is 2. The Kier molecular flexibility index (Phi) is 3.04. The molecular formula is C14H20N4. The van der Waals surface area contributed by atoms with E-state index in [0.29, 0.717) is 11.8 Å². The van der Waals surface area contributed by atoms with Gasteiger partial charge >= 0.3 is 0 Å². The summed E-state index contributed by atoms with van der Waals surface area (Å²) < 4.78 is 0. The summed E-state index contributed by atoms with van der Waals surface area (Å²) in [5.41, 5.74) is 8.93. The van der Waals surface area contributed by atoms with Gasteiger partial charge in [-0.15, -0.1) is 0 Å². The van der Waals surface area contributed by atoms with Gasteiger partial charge in [0.1, 0.15) is 5.82 Å². The number of nitrogens with zero attached hydrogens (tertiary/aromatic N) is 2. The Hall–Kier alpha value is -1.42. The molecule has 0 amide bonds. The molecule has 0 aromatic carbocycles. The molecule has 3 N–H and O–H groups in total. The molecule has 4 nitrogen and oxygen atoms in total. The first-order chi connectivity index (χ1) is 8.78. The summed E-state index contributed by atoms with van der Waals surface area (Å²) in [4.78, 5) is 12.5. The Morgan fingerprint density at radius 3 is 3.06 bits per heavy atom. The molecule has 2 aromatic rings. The predicted octanol–water partition coefficient (Wildman–Crippen LogP) is 2.50. The van der Waals surface area contributed by atoms with E-state index in [1.54, 1.807) is 0 Å². The second-order valence-corrected chi connectivity index (χ2v) is 5.39. The van der Waals surface area contributed by atoms with Crippen molar-refractivity contribution >= 4 is 11.2 Å². The molecule has 2 aromatic heterocycles. The van der Waals surface area contributed by atoms with Gasteiger partial charge in [0.2, 0.25) is 0 Å². The van der Waals surface area contributed by atoms with Crippen LogP contribution in [0.5, 0.6) is 0 Å². The van der Waals surface area contributed by atoms with Crippen LogP contribution >= 0.6 is 0 Å². The minimum absolute atomic E-state index is 0.484. The van der Waals surface area contributed by atoms with Crippen molar-refractivity contribution in [3.63, 3.8) is 0 Å². The predicted molar refractivity (Wildman–Crippen MR) is 72.4 cm³/mol. The zero-order valence-electron chi connectivity index (χ0n) is 10.8. The molecule has 0 aliphatic heterocycles. The molecule has 1 aliphatic carbocycles. The molecule has 0 radical (unpaired) electrons. The number of aromatic nitrogens is 3. The lowest BCUT2D eigenvalue weighted by Crippen LogP contribution is -2.25. The van der Waals surface area contributed by atoms with Gasteiger partial charge in [-0.1, -0.05) is 12.8 Å². The Labute approximate surface area is 107 Å². The molecule has 0 bridgehead atoms. The third-order valence-corrected chi connectivity index (χ3v) is 4.06. The van der Waals surface area contributed by atoms with Crippen molar-refractivity contribution in [2.75, 3.05) is 6.54 Å². The van der Waals surface area contributed by atoms with Gasteiger partial charge in [0, 0.05) is 12.1 Å². The van der Waals surface area contributed by atoms with Crippen LogP contribution in [0.25, 0.3) is 11.2 Å². The quantitative estimate of drug-likeness (QED) is 0.853. The van der Waals surface area contributed by atoms with Crippen LogP contribution in [0.15, 0.2) is 12.3 Å². The Bertz CT molecular complexity index is 546. The summed E-state index contributed by atoms with van der Waals surface area (Å²) in [6.07, 6.45) is 6.88. The smallest absolute Gasteiger partial charge is 0.177 e. The van der Waals surface area contributed by atoms with Crippen LogP contribution in [0, 0.1) is 12.8 Å². The Morgan fingerprint density at radius 1 is 1.39 bits per heavy atom. The molecular weight excluding hydrogens is 224 g/mol. The fourth-order valence-corrected chi connectivity index (χ4v) is 3.05. The van der Waals surface area contributed by atoms with Gasteiger partial charge in [0.25, 0.3) is 0 Å². The number of nitrogens with two attached hydrogens (primary N) is 1. The molecule has 4 heteroatoms. The van der Waals surface area contributed by atoms with E-state index in [-0.39, 0.29) is 0 Å². The van der Waals surface area contributed by atoms with Gasteiger partial charge in [-0.05, 0) is 43.9 Å². The number of pyridine rings is 1. The Morgan fingerprint density at radius 2 is 2.22 bits per heavy atom. The molecule has 0 spiro atoms. The van der Waals surface area contributed by atoms with Crippen molar-refractivity contribution in [1.82, 2.24) is 15.0 Å². The minimum Gasteiger partial charge on any atom is -0.340 e. The highest BCUT2D eigenvalue weighted by molar-refractivity contribution is 5.71. The zero-order chi connectivity index (χ0) is 12.5. The van der Waals surface area contributed by atoms with Crippen LogP contribution in [0.3, 0.4) is 0 Å². The summed E-state index contributed by atoms with van der Waals surface area (Å²) in [6.45, 7) is 2.81. The van der Waals surface area contributed by atoms with Crippen LogP contribution in [0.4, 0.5) is 0 Å². The molecule has 18 heavy (non-hydrogen) atoms. The lowest BCUT2D eigenvalue weighted by molar-refractivity contribution is 0.306. The first-order valence-electron chi connectivity index (χ1n) is 6.80. The molecule has 1 saturated carbocycles. The van der Waals surface area contributed by atoms with Crippen molar-refractivity contribution in [2.45, 2.75) is 38.5 Å². The van der Waals surface area contributed by atoms with Gasteiger partial charge in [-0.2, -0.15) is 0 Å². The monoisotopic (exact) mass is 244 g/mol. The highest BCUT2D eigenvalue weighted by Crippen LogP contribution is 2.36. The molecule has 3 rings (SSSR count). The molecule has 2 atom stereocenters. The van der Waals surface area contributed by atoms with Crippen LogP contribution < -0.4 is 5.73 Å². The number of hydrogen-bond acceptors (Lipinski definition) is 3. The summed E-state index contributed by atoms with van der Waals surface area (Å²) in [5, 5.41) is 0. The third-order valence-electron chi connectivity index (χ3n) is 4.06. The number of fused-ring (bicyclic) bond motifs is 1. The number of aromatic amines is 1. The van der Waals surface area contributed by atoms with Gasteiger partial charge in [-0.25, -0.2) is 9.97 Å². The summed E-state index contributed by atoms with van der Waals surface area (Å²) in [7, 11) is 0. The lowest BCUT2D eigenvalue weighted by Gasteiger charge is -2.28. The Balaban J connectivity index is 1.97. The standard InChI is InChI=1S/C14H20N4/c1-9-6-12-14(16-8-9)18-13(17-12)11-5-3-2-4-10(11)7-15/h6,8,10-11H,2-5,7,15H2,1H3,(H,16,17,18). The molecule has 96 valence electrons. The zero-order valence-corrected chi connectivity index (χ0v) is 10.8. The van der Waals surface area contributed by atoms with Crippen LogP contribution in [0.1, 0.15) is 43.0 Å². The maximum absolute atomic E-state index is 5.89. The second-order valence-electron chi connectivity index (χ2n) is 5.39. The van der Waals surface area contributed by atoms with Crippen molar-refractivity contribution in [3.8, 4) is 0 Å². The fourth-order valence-electron chi connectivity index (χ4n) is 3.05. The summed E-state index contributed by atoms with van der Waals surface area (Å²) in [6, 6.07) is 2.11. The van der Waals surface area contributed by atoms with E-state index < -0.39 is 0 Å². The first kappa shape index (κ1) is 11.7. The van der Waals surface area contributed by atoms with Crippen molar-refractivity contribution < 1.29 is 0 Å². The number of H-pyrrole nitrogens is 1. The van der Waals surface area contributed by atoms with E-state index in [1.807, 2.05) is 6.20 Å². The summed E-state index contributed by atoms with van der Waals surface area (Å²) in [5.74, 6) is 2.14. The number of aryl methyl sites for hydroxylation is 1. The third kappa shape index (κ3) is 2.01. The van der Waals surface area contributed by atoms with E-state index in [2.05, 4.69) is 27.9 Å². The highest BCUT2D eigenvalue weighted by Gasteiger charge is 2.27. The number of rotatable bonds is 2. The maximum atomic E-state index is 5.89. The average molecular weight is 244 g/mol. The normalized spacial score (nSPS) is 24.6.